The molecule has 4 aromatic rings. The van der Waals surface area contributed by atoms with Gasteiger partial charge in [0.25, 0.3) is 5.91 Å². The van der Waals surface area contributed by atoms with Crippen LogP contribution in [0, 0.1) is 0 Å². The van der Waals surface area contributed by atoms with Crippen LogP contribution in [0.25, 0.3) is 0 Å². The van der Waals surface area contributed by atoms with E-state index in [9.17, 15) is 4.79 Å². The lowest BCUT2D eigenvalue weighted by Crippen LogP contribution is -2.44. The van der Waals surface area contributed by atoms with Crippen molar-refractivity contribution in [2.24, 2.45) is 5.10 Å². The average molecular weight is 547 g/mol. The van der Waals surface area contributed by atoms with E-state index in [2.05, 4.69) is 78.9 Å². The number of aromatic nitrogens is 1. The standard InChI is InChI=1S/C34H35N5O2/c1-5-37(6-2)25-16-18-29-31(21-25)41-32-22-26(38(7-3)8-4)17-19-30(32)34(29)28-15-10-9-14-27(28)33(40)39(34)36-23-24-13-11-12-20-35-24/h9-23H,5-8H2,1-4H3/p+1/b36-23+. The largest absolute Gasteiger partial charge is 0.456 e. The number of rotatable bonds is 8. The fourth-order valence-electron chi connectivity index (χ4n) is 6.25. The number of ether oxygens (including phenoxy) is 1. The SMILES string of the molecule is CCN(CC)c1ccc2c(c1)Oc1cc(N(CC)CC)ccc1C21c2ccccc2C(=O)N1/N=C/c1cccc[nH+]1. The molecule has 0 atom stereocenters. The van der Waals surface area contributed by atoms with Gasteiger partial charge in [0, 0.05) is 84.1 Å². The van der Waals surface area contributed by atoms with Crippen molar-refractivity contribution >= 4 is 23.5 Å². The van der Waals surface area contributed by atoms with Gasteiger partial charge < -0.3 is 14.5 Å². The summed E-state index contributed by atoms with van der Waals surface area (Å²) in [6.45, 7) is 12.1. The minimum absolute atomic E-state index is 0.146. The third kappa shape index (κ3) is 4.15. The highest BCUT2D eigenvalue weighted by molar-refractivity contribution is 6.02. The van der Waals surface area contributed by atoms with Crippen molar-refractivity contribution in [1.82, 2.24) is 5.01 Å². The van der Waals surface area contributed by atoms with E-state index in [-0.39, 0.29) is 5.91 Å². The number of amides is 1. The molecule has 6 rings (SSSR count). The molecule has 1 amide bonds. The smallest absolute Gasteiger partial charge is 0.275 e. The van der Waals surface area contributed by atoms with Crippen LogP contribution in [-0.2, 0) is 5.54 Å². The Balaban J connectivity index is 1.64. The number of carbonyl (C=O) groups excluding carboxylic acids is 1. The Hall–Kier alpha value is -4.65. The zero-order chi connectivity index (χ0) is 28.6. The summed E-state index contributed by atoms with van der Waals surface area (Å²) in [5.74, 6) is 1.32. The van der Waals surface area contributed by atoms with Crippen molar-refractivity contribution in [3.8, 4) is 11.5 Å². The fourth-order valence-corrected chi connectivity index (χ4v) is 6.25. The maximum Gasteiger partial charge on any atom is 0.275 e. The van der Waals surface area contributed by atoms with Crippen molar-refractivity contribution in [3.05, 3.63) is 113 Å². The Morgan fingerprint density at radius 1 is 0.780 bits per heavy atom. The Morgan fingerprint density at radius 3 is 1.93 bits per heavy atom. The minimum Gasteiger partial charge on any atom is -0.456 e. The molecule has 0 saturated carbocycles. The Kier molecular flexibility index (Phi) is 6.95. The number of carbonyl (C=O) groups is 1. The lowest BCUT2D eigenvalue weighted by molar-refractivity contribution is -0.379. The van der Waals surface area contributed by atoms with Crippen LogP contribution in [0.2, 0.25) is 0 Å². The highest BCUT2D eigenvalue weighted by Gasteiger charge is 2.57. The Bertz CT molecular complexity index is 1550. The molecule has 208 valence electrons. The quantitative estimate of drug-likeness (QED) is 0.251. The highest BCUT2D eigenvalue weighted by Crippen LogP contribution is 2.58. The molecule has 1 aromatic heterocycles. The van der Waals surface area contributed by atoms with Crippen LogP contribution < -0.4 is 19.5 Å². The molecule has 0 aliphatic carbocycles. The Labute approximate surface area is 241 Å². The molecular formula is C34H36N5O2+. The third-order valence-electron chi connectivity index (χ3n) is 8.29. The normalized spacial score (nSPS) is 14.5. The molecule has 41 heavy (non-hydrogen) atoms. The van der Waals surface area contributed by atoms with Gasteiger partial charge in [0.05, 0.1) is 0 Å². The van der Waals surface area contributed by atoms with Crippen LogP contribution in [0.1, 0.15) is 60.4 Å². The van der Waals surface area contributed by atoms with Crippen LogP contribution >= 0.6 is 0 Å². The summed E-state index contributed by atoms with van der Waals surface area (Å²) in [5.41, 5.74) is 5.29. The number of nitrogens with one attached hydrogen (secondary N) is 1. The van der Waals surface area contributed by atoms with Crippen LogP contribution in [0.4, 0.5) is 11.4 Å². The van der Waals surface area contributed by atoms with E-state index in [1.54, 1.807) is 11.2 Å². The van der Waals surface area contributed by atoms with Gasteiger partial charge in [0.1, 0.15) is 23.3 Å². The summed E-state index contributed by atoms with van der Waals surface area (Å²) in [7, 11) is 0. The first-order valence-corrected chi connectivity index (χ1v) is 14.5. The summed E-state index contributed by atoms with van der Waals surface area (Å²) >= 11 is 0. The number of pyridine rings is 1. The number of anilines is 2. The van der Waals surface area contributed by atoms with Gasteiger partial charge in [0.15, 0.2) is 6.20 Å². The van der Waals surface area contributed by atoms with E-state index in [4.69, 9.17) is 9.84 Å². The number of aromatic amines is 1. The number of hydrogen-bond donors (Lipinski definition) is 0. The van der Waals surface area contributed by atoms with Crippen molar-refractivity contribution in [2.45, 2.75) is 33.2 Å². The predicted molar refractivity (Wildman–Crippen MR) is 163 cm³/mol. The van der Waals surface area contributed by atoms with Crippen LogP contribution in [0.5, 0.6) is 11.5 Å². The average Bonchev–Trinajstić information content (AvgIpc) is 3.25. The van der Waals surface area contributed by atoms with E-state index in [1.807, 2.05) is 48.7 Å². The van der Waals surface area contributed by atoms with Gasteiger partial charge >= 0.3 is 0 Å². The summed E-state index contributed by atoms with van der Waals surface area (Å²) in [4.78, 5) is 22.0. The van der Waals surface area contributed by atoms with Gasteiger partial charge in [-0.3, -0.25) is 4.79 Å². The molecule has 2 aliphatic rings. The van der Waals surface area contributed by atoms with Gasteiger partial charge in [0.2, 0.25) is 5.69 Å². The number of benzene rings is 3. The molecule has 3 heterocycles. The Morgan fingerprint density at radius 2 is 1.37 bits per heavy atom. The van der Waals surface area contributed by atoms with Gasteiger partial charge in [-0.1, -0.05) is 30.3 Å². The summed E-state index contributed by atoms with van der Waals surface area (Å²) in [6, 6.07) is 26.3. The molecule has 0 unspecified atom stereocenters. The van der Waals surface area contributed by atoms with Crippen LogP contribution in [-0.4, -0.2) is 43.3 Å². The first-order valence-electron chi connectivity index (χ1n) is 14.5. The molecule has 1 spiro atoms. The first kappa shape index (κ1) is 26.6. The van der Waals surface area contributed by atoms with Crippen molar-refractivity contribution in [2.75, 3.05) is 36.0 Å². The molecule has 0 bridgehead atoms. The molecule has 3 aromatic carbocycles. The van der Waals surface area contributed by atoms with Gasteiger partial charge in [-0.2, -0.15) is 5.10 Å². The topological polar surface area (TPSA) is 62.5 Å². The monoisotopic (exact) mass is 546 g/mol. The molecule has 0 fully saturated rings. The number of fused-ring (bicyclic) bond motifs is 6. The number of hydrazone groups is 1. The second-order valence-electron chi connectivity index (χ2n) is 10.2. The van der Waals surface area contributed by atoms with Gasteiger partial charge in [-0.15, -0.1) is 0 Å². The van der Waals surface area contributed by atoms with Crippen molar-refractivity contribution < 1.29 is 14.5 Å². The van der Waals surface area contributed by atoms with E-state index in [1.165, 1.54) is 0 Å². The molecular weight excluding hydrogens is 510 g/mol. The molecule has 1 N–H and O–H groups in total. The maximum absolute atomic E-state index is 14.2. The second kappa shape index (κ2) is 10.7. The van der Waals surface area contributed by atoms with Crippen LogP contribution in [0.15, 0.2) is 90.2 Å². The van der Waals surface area contributed by atoms with E-state index in [0.717, 1.165) is 71.4 Å². The minimum atomic E-state index is -0.995. The van der Waals surface area contributed by atoms with E-state index >= 15 is 0 Å². The fraction of sp³-hybridized carbons (Fsp3) is 0.265. The predicted octanol–water partition coefficient (Wildman–Crippen LogP) is 6.08. The summed E-state index contributed by atoms with van der Waals surface area (Å²) in [6.07, 6.45) is 3.56. The molecule has 0 saturated heterocycles. The first-order chi connectivity index (χ1) is 20.1. The summed E-state index contributed by atoms with van der Waals surface area (Å²) < 4.78 is 6.74. The zero-order valence-corrected chi connectivity index (χ0v) is 24.1. The second-order valence-corrected chi connectivity index (χ2v) is 10.2. The van der Waals surface area contributed by atoms with Gasteiger partial charge in [-0.25, -0.2) is 9.99 Å². The van der Waals surface area contributed by atoms with E-state index < -0.39 is 5.54 Å². The zero-order valence-electron chi connectivity index (χ0n) is 24.1. The number of hydrogen-bond acceptors (Lipinski definition) is 5. The van der Waals surface area contributed by atoms with Crippen molar-refractivity contribution in [3.63, 3.8) is 0 Å². The molecule has 0 radical (unpaired) electrons. The lowest BCUT2D eigenvalue weighted by atomic mass is 9.75. The number of H-pyrrole nitrogens is 1. The molecule has 2 aliphatic heterocycles. The molecule has 7 heteroatoms. The van der Waals surface area contributed by atoms with Gasteiger partial charge in [-0.05, 0) is 52.0 Å². The molecule has 7 nitrogen and oxygen atoms in total. The maximum atomic E-state index is 14.2. The van der Waals surface area contributed by atoms with E-state index in [0.29, 0.717) is 5.56 Å². The van der Waals surface area contributed by atoms with Crippen molar-refractivity contribution in [1.29, 1.82) is 0 Å². The third-order valence-corrected chi connectivity index (χ3v) is 8.29. The summed E-state index contributed by atoms with van der Waals surface area (Å²) in [5, 5.41) is 6.54. The number of nitrogens with zero attached hydrogens (tertiary/aromatic N) is 4. The highest BCUT2D eigenvalue weighted by atomic mass is 16.5. The lowest BCUT2D eigenvalue weighted by Gasteiger charge is -2.42. The van der Waals surface area contributed by atoms with Crippen LogP contribution in [0.3, 0.4) is 0 Å².